The maximum absolute atomic E-state index is 14.0. The van der Waals surface area contributed by atoms with Crippen molar-refractivity contribution in [2.24, 2.45) is 11.1 Å². The Morgan fingerprint density at radius 2 is 2.03 bits per heavy atom. The van der Waals surface area contributed by atoms with Gasteiger partial charge in [-0.05, 0) is 48.6 Å². The normalized spacial score (nSPS) is 23.0. The molecule has 0 spiro atoms. The van der Waals surface area contributed by atoms with Gasteiger partial charge in [0.2, 0.25) is 5.78 Å². The van der Waals surface area contributed by atoms with E-state index in [9.17, 15) is 27.1 Å². The molecule has 0 amide bonds. The zero-order valence-corrected chi connectivity index (χ0v) is 22.5. The van der Waals surface area contributed by atoms with Gasteiger partial charge in [-0.25, -0.2) is 23.9 Å². The Hall–Kier alpha value is -2.59. The lowest BCUT2D eigenvalue weighted by atomic mass is 9.93. The van der Waals surface area contributed by atoms with E-state index in [1.54, 1.807) is 6.07 Å². The molecule has 4 atom stereocenters. The number of carbonyl (C=O) groups excluding carboxylic acids is 1. The minimum atomic E-state index is -4.14. The first kappa shape index (κ1) is 28.0. The van der Waals surface area contributed by atoms with Crippen LogP contribution in [-0.2, 0) is 25.6 Å². The molecule has 1 fully saturated rings. The molecular weight excluding hydrogens is 578 g/mol. The summed E-state index contributed by atoms with van der Waals surface area (Å²) in [5.41, 5.74) is 1.67. The van der Waals surface area contributed by atoms with E-state index in [4.69, 9.17) is 21.5 Å². The number of hydrogen-bond donors (Lipinski definition) is 3. The Morgan fingerprint density at radius 1 is 1.26 bits per heavy atom. The maximum Gasteiger partial charge on any atom is 0.333 e. The van der Waals surface area contributed by atoms with Crippen LogP contribution < -0.4 is 10.5 Å². The fraction of sp³-hybridized carbons (Fsp3) is 0.375. The minimum absolute atomic E-state index is 0.152. The highest BCUT2D eigenvalue weighted by atomic mass is 35.5. The Balaban J connectivity index is 1.36. The zero-order valence-electron chi connectivity index (χ0n) is 20.1. The van der Waals surface area contributed by atoms with Crippen molar-refractivity contribution in [2.75, 3.05) is 18.5 Å². The number of nitrogens with zero attached hydrogens (tertiary/aromatic N) is 2. The third-order valence-corrected chi connectivity index (χ3v) is 8.59. The summed E-state index contributed by atoms with van der Waals surface area (Å²) >= 11 is 7.51. The molecule has 39 heavy (non-hydrogen) atoms. The summed E-state index contributed by atoms with van der Waals surface area (Å²) in [6.07, 6.45) is 2.02. The summed E-state index contributed by atoms with van der Waals surface area (Å²) in [6.45, 7) is 0.00237. The maximum atomic E-state index is 14.0. The van der Waals surface area contributed by atoms with E-state index in [1.807, 2.05) is 0 Å². The molecule has 1 aliphatic carbocycles. The van der Waals surface area contributed by atoms with E-state index < -0.39 is 45.8 Å². The number of aliphatic hydroxyl groups is 1. The number of nitrogens with one attached hydrogen (secondary N) is 1. The van der Waals surface area contributed by atoms with Crippen molar-refractivity contribution in [3.63, 3.8) is 0 Å². The van der Waals surface area contributed by atoms with Gasteiger partial charge in [0.15, 0.2) is 11.6 Å². The minimum Gasteiger partial charge on any atom is -0.393 e. The van der Waals surface area contributed by atoms with Gasteiger partial charge in [0.1, 0.15) is 18.2 Å². The number of rotatable bonds is 8. The molecule has 3 aromatic rings. The number of halogens is 3. The number of hydrogen-bond acceptors (Lipinski definition) is 10. The van der Waals surface area contributed by atoms with Crippen LogP contribution in [0.5, 0.6) is 0 Å². The number of ketones is 1. The van der Waals surface area contributed by atoms with E-state index in [0.29, 0.717) is 29.5 Å². The first-order chi connectivity index (χ1) is 18.5. The average Bonchev–Trinajstić information content (AvgIpc) is 3.44. The van der Waals surface area contributed by atoms with Gasteiger partial charge in [0.25, 0.3) is 0 Å². The second-order valence-corrected chi connectivity index (χ2v) is 12.2. The van der Waals surface area contributed by atoms with Crippen molar-refractivity contribution < 1.29 is 36.0 Å². The van der Waals surface area contributed by atoms with Crippen LogP contribution in [-0.4, -0.2) is 54.6 Å². The molecule has 1 aliphatic heterocycles. The molecule has 208 valence electrons. The molecule has 0 radical (unpaired) electrons. The molecule has 15 heteroatoms. The number of ether oxygens (including phenoxy) is 1. The predicted octanol–water partition coefficient (Wildman–Crippen LogP) is 3.13. The van der Waals surface area contributed by atoms with Crippen molar-refractivity contribution in [3.05, 3.63) is 73.8 Å². The average molecular weight is 601 g/mol. The van der Waals surface area contributed by atoms with Crippen LogP contribution in [0.4, 0.5) is 14.6 Å². The van der Waals surface area contributed by atoms with Crippen molar-refractivity contribution >= 4 is 44.8 Å². The molecular formula is C24H23ClF2N4O6S2. The lowest BCUT2D eigenvalue weighted by Crippen LogP contribution is -2.24. The Morgan fingerprint density at radius 3 is 2.79 bits per heavy atom. The van der Waals surface area contributed by atoms with E-state index in [2.05, 4.69) is 19.5 Å². The van der Waals surface area contributed by atoms with Crippen LogP contribution in [0.2, 0.25) is 4.34 Å². The molecule has 10 nitrogen and oxygen atoms in total. The number of aliphatic hydroxyl groups excluding tert-OH is 1. The van der Waals surface area contributed by atoms with Crippen molar-refractivity contribution in [1.82, 2.24) is 9.97 Å². The van der Waals surface area contributed by atoms with Gasteiger partial charge in [-0.3, -0.25) is 8.98 Å². The first-order valence-corrected chi connectivity index (χ1v) is 14.5. The van der Waals surface area contributed by atoms with Gasteiger partial charge in [0, 0.05) is 23.7 Å². The lowest BCUT2D eigenvalue weighted by molar-refractivity contribution is 0.0696. The second-order valence-electron chi connectivity index (χ2n) is 9.34. The summed E-state index contributed by atoms with van der Waals surface area (Å²) in [6, 6.07) is 3.47. The molecule has 0 bridgehead atoms. The van der Waals surface area contributed by atoms with Gasteiger partial charge in [-0.2, -0.15) is 8.42 Å². The van der Waals surface area contributed by atoms with Crippen molar-refractivity contribution in [1.29, 1.82) is 0 Å². The topological polar surface area (TPSA) is 154 Å². The quantitative estimate of drug-likeness (QED) is 0.331. The molecule has 1 saturated carbocycles. The Bertz CT molecular complexity index is 1520. The van der Waals surface area contributed by atoms with E-state index in [1.165, 1.54) is 12.5 Å². The van der Waals surface area contributed by atoms with Gasteiger partial charge in [0.05, 0.1) is 34.1 Å². The highest BCUT2D eigenvalue weighted by molar-refractivity contribution is 7.84. The summed E-state index contributed by atoms with van der Waals surface area (Å²) in [7, 11) is -4.14. The number of nitrogens with two attached hydrogens (primary N) is 1. The molecule has 4 N–H and O–H groups in total. The van der Waals surface area contributed by atoms with Crippen LogP contribution in [0.15, 0.2) is 30.7 Å². The molecule has 1 aromatic carbocycles. The van der Waals surface area contributed by atoms with E-state index >= 15 is 0 Å². The molecule has 5 rings (SSSR count). The van der Waals surface area contributed by atoms with Crippen LogP contribution in [0.25, 0.3) is 0 Å². The SMILES string of the molecule is NS(=O)(=O)OCC1C[C@@H](Nc2ncncc2C(=O)c2cc(C3OCCc4cc(F)c(F)cc43)c(Cl)s2)C[C@@H]1O. The van der Waals surface area contributed by atoms with E-state index in [0.717, 1.165) is 23.5 Å². The third-order valence-electron chi connectivity index (χ3n) is 6.74. The van der Waals surface area contributed by atoms with Crippen LogP contribution >= 0.6 is 22.9 Å². The Labute approximate surface area is 231 Å². The number of benzene rings is 1. The monoisotopic (exact) mass is 600 g/mol. The van der Waals surface area contributed by atoms with Gasteiger partial charge in [-0.15, -0.1) is 11.3 Å². The smallest absolute Gasteiger partial charge is 0.333 e. The zero-order chi connectivity index (χ0) is 27.9. The first-order valence-electron chi connectivity index (χ1n) is 11.8. The number of thiophene rings is 1. The molecule has 2 aromatic heterocycles. The second kappa shape index (κ2) is 11.1. The third kappa shape index (κ3) is 6.11. The summed E-state index contributed by atoms with van der Waals surface area (Å²) in [5, 5.41) is 18.3. The highest BCUT2D eigenvalue weighted by Gasteiger charge is 2.35. The number of aromatic nitrogens is 2. The molecule has 3 heterocycles. The van der Waals surface area contributed by atoms with Gasteiger partial charge < -0.3 is 15.2 Å². The number of anilines is 1. The lowest BCUT2D eigenvalue weighted by Gasteiger charge is -2.26. The molecule has 2 unspecified atom stereocenters. The highest BCUT2D eigenvalue weighted by Crippen LogP contribution is 2.41. The fourth-order valence-corrected chi connectivity index (χ4v) is 6.52. The Kier molecular flexibility index (Phi) is 7.97. The summed E-state index contributed by atoms with van der Waals surface area (Å²) in [5.74, 6) is -2.63. The van der Waals surface area contributed by atoms with Crippen LogP contribution in [0.3, 0.4) is 0 Å². The molecule has 0 saturated heterocycles. The van der Waals surface area contributed by atoms with E-state index in [-0.39, 0.29) is 46.3 Å². The van der Waals surface area contributed by atoms with Crippen LogP contribution in [0, 0.1) is 17.6 Å². The predicted molar refractivity (Wildman–Crippen MR) is 138 cm³/mol. The molecule has 2 aliphatic rings. The van der Waals surface area contributed by atoms with Crippen molar-refractivity contribution in [3.8, 4) is 0 Å². The largest absolute Gasteiger partial charge is 0.393 e. The summed E-state index contributed by atoms with van der Waals surface area (Å²) < 4.78 is 60.7. The number of carbonyl (C=O) groups is 1. The number of fused-ring (bicyclic) bond motifs is 1. The van der Waals surface area contributed by atoms with Crippen molar-refractivity contribution in [2.45, 2.75) is 37.5 Å². The van der Waals surface area contributed by atoms with Crippen LogP contribution in [0.1, 0.15) is 50.9 Å². The fourth-order valence-electron chi connectivity index (χ4n) is 4.89. The standard InChI is InChI=1S/C24H23ClF2N4O6S2/c25-23-15(22-14-6-18(27)17(26)4-11(14)1-2-36-22)7-20(38-23)21(33)16-8-29-10-30-24(16)31-13-3-12(19(32)5-13)9-37-39(28,34)35/h4,6-8,10,12-13,19,22,32H,1-3,5,9H2,(H2,28,34,35)(H,29,30,31)/t12?,13-,19+,22?/m1/s1. The van der Waals surface area contributed by atoms with Gasteiger partial charge in [-0.1, -0.05) is 11.6 Å². The van der Waals surface area contributed by atoms with Gasteiger partial charge >= 0.3 is 10.3 Å². The summed E-state index contributed by atoms with van der Waals surface area (Å²) in [4.78, 5) is 21.9.